The standard InChI is InChI=1S/C20H19FN4O5/c1-20(12-7-9-13(30-2)10-8-12)18(28)25(19(29)23-20)24-16(26)11-22-17(27)14-5-3-4-6-15(14)21/h3-10H,11H2,1-2H3,(H,22,27)(H,23,29)(H,24,26)/t20-/m1/s1. The van der Waals surface area contributed by atoms with Gasteiger partial charge in [-0.3, -0.25) is 19.8 Å². The number of amides is 5. The summed E-state index contributed by atoms with van der Waals surface area (Å²) in [5.74, 6) is -2.49. The van der Waals surface area contributed by atoms with E-state index in [4.69, 9.17) is 4.74 Å². The highest BCUT2D eigenvalue weighted by Gasteiger charge is 2.50. The van der Waals surface area contributed by atoms with Gasteiger partial charge >= 0.3 is 6.03 Å². The molecule has 2 aromatic carbocycles. The van der Waals surface area contributed by atoms with Crippen LogP contribution < -0.4 is 20.8 Å². The molecule has 0 aliphatic carbocycles. The van der Waals surface area contributed by atoms with E-state index in [1.54, 1.807) is 24.3 Å². The predicted molar refractivity (Wildman–Crippen MR) is 103 cm³/mol. The van der Waals surface area contributed by atoms with Gasteiger partial charge in [0.05, 0.1) is 19.2 Å². The summed E-state index contributed by atoms with van der Waals surface area (Å²) in [5.41, 5.74) is 1.01. The average molecular weight is 414 g/mol. The van der Waals surface area contributed by atoms with Crippen LogP contribution in [0, 0.1) is 5.82 Å². The molecule has 1 atom stereocenters. The molecule has 3 rings (SSSR count). The van der Waals surface area contributed by atoms with Gasteiger partial charge in [0, 0.05) is 0 Å². The molecule has 156 valence electrons. The highest BCUT2D eigenvalue weighted by molar-refractivity contribution is 6.08. The second kappa shape index (κ2) is 8.19. The van der Waals surface area contributed by atoms with E-state index in [2.05, 4.69) is 16.1 Å². The van der Waals surface area contributed by atoms with Crippen LogP contribution in [0.5, 0.6) is 5.75 Å². The van der Waals surface area contributed by atoms with E-state index in [0.717, 1.165) is 6.07 Å². The molecule has 1 saturated heterocycles. The van der Waals surface area contributed by atoms with E-state index in [9.17, 15) is 23.6 Å². The summed E-state index contributed by atoms with van der Waals surface area (Å²) < 4.78 is 18.7. The van der Waals surface area contributed by atoms with Gasteiger partial charge in [0.2, 0.25) is 0 Å². The van der Waals surface area contributed by atoms with E-state index in [0.29, 0.717) is 16.3 Å². The molecule has 0 bridgehead atoms. The van der Waals surface area contributed by atoms with E-state index in [1.807, 2.05) is 0 Å². The van der Waals surface area contributed by atoms with Crippen molar-refractivity contribution in [2.24, 2.45) is 0 Å². The number of imide groups is 1. The number of hydrogen-bond donors (Lipinski definition) is 3. The lowest BCUT2D eigenvalue weighted by Crippen LogP contribution is -2.50. The molecule has 30 heavy (non-hydrogen) atoms. The molecular weight excluding hydrogens is 395 g/mol. The SMILES string of the molecule is COc1ccc([C@@]2(C)NC(=O)N(NC(=O)CNC(=O)c3ccccc3F)C2=O)cc1. The predicted octanol–water partition coefficient (Wildman–Crippen LogP) is 1.06. The summed E-state index contributed by atoms with van der Waals surface area (Å²) in [5, 5.41) is 5.31. The largest absolute Gasteiger partial charge is 0.497 e. The molecule has 3 N–H and O–H groups in total. The number of hydrogen-bond acceptors (Lipinski definition) is 5. The van der Waals surface area contributed by atoms with Crippen LogP contribution in [0.15, 0.2) is 48.5 Å². The summed E-state index contributed by atoms with van der Waals surface area (Å²) in [4.78, 5) is 49.2. The normalized spacial score (nSPS) is 18.0. The van der Waals surface area contributed by atoms with Crippen molar-refractivity contribution in [3.05, 3.63) is 65.5 Å². The van der Waals surface area contributed by atoms with E-state index in [1.165, 1.54) is 32.2 Å². The van der Waals surface area contributed by atoms with Gasteiger partial charge in [-0.05, 0) is 36.8 Å². The maximum Gasteiger partial charge on any atom is 0.344 e. The lowest BCUT2D eigenvalue weighted by Gasteiger charge is -2.22. The van der Waals surface area contributed by atoms with Gasteiger partial charge in [-0.15, -0.1) is 0 Å². The van der Waals surface area contributed by atoms with Crippen LogP contribution in [0.2, 0.25) is 0 Å². The van der Waals surface area contributed by atoms with Gasteiger partial charge in [-0.2, -0.15) is 5.01 Å². The van der Waals surface area contributed by atoms with Crippen molar-refractivity contribution in [2.75, 3.05) is 13.7 Å². The molecule has 0 unspecified atom stereocenters. The third kappa shape index (κ3) is 3.93. The third-order valence-electron chi connectivity index (χ3n) is 4.62. The highest BCUT2D eigenvalue weighted by Crippen LogP contribution is 2.29. The molecule has 1 fully saturated rings. The Hall–Kier alpha value is -3.95. The lowest BCUT2D eigenvalue weighted by atomic mass is 9.92. The second-order valence-electron chi connectivity index (χ2n) is 6.62. The van der Waals surface area contributed by atoms with Crippen LogP contribution in [0.1, 0.15) is 22.8 Å². The zero-order valence-corrected chi connectivity index (χ0v) is 16.2. The number of methoxy groups -OCH3 is 1. The molecule has 0 spiro atoms. The van der Waals surface area contributed by atoms with Crippen LogP contribution in [0.25, 0.3) is 0 Å². The molecule has 1 heterocycles. The minimum absolute atomic E-state index is 0.229. The summed E-state index contributed by atoms with van der Waals surface area (Å²) in [6, 6.07) is 11.0. The lowest BCUT2D eigenvalue weighted by molar-refractivity contribution is -0.138. The first kappa shape index (κ1) is 20.8. The Labute approximate surface area is 171 Å². The number of urea groups is 1. The first-order chi connectivity index (χ1) is 14.3. The molecule has 2 aromatic rings. The Morgan fingerprint density at radius 1 is 1.13 bits per heavy atom. The molecule has 0 radical (unpaired) electrons. The minimum atomic E-state index is -1.40. The number of hydrazine groups is 1. The van der Waals surface area contributed by atoms with Crippen molar-refractivity contribution in [2.45, 2.75) is 12.5 Å². The van der Waals surface area contributed by atoms with E-state index >= 15 is 0 Å². The van der Waals surface area contributed by atoms with Crippen molar-refractivity contribution in [1.82, 2.24) is 21.1 Å². The summed E-state index contributed by atoms with van der Waals surface area (Å²) in [6.45, 7) is 0.935. The third-order valence-corrected chi connectivity index (χ3v) is 4.62. The van der Waals surface area contributed by atoms with Gasteiger partial charge in [0.25, 0.3) is 17.7 Å². The van der Waals surface area contributed by atoms with Crippen LogP contribution in [0.3, 0.4) is 0 Å². The number of carbonyl (C=O) groups excluding carboxylic acids is 4. The van der Waals surface area contributed by atoms with Gasteiger partial charge < -0.3 is 15.4 Å². The number of benzene rings is 2. The fourth-order valence-corrected chi connectivity index (χ4v) is 2.93. The average Bonchev–Trinajstić information content (AvgIpc) is 2.96. The fourth-order valence-electron chi connectivity index (χ4n) is 2.93. The maximum absolute atomic E-state index is 13.6. The second-order valence-corrected chi connectivity index (χ2v) is 6.62. The van der Waals surface area contributed by atoms with Crippen molar-refractivity contribution in [1.29, 1.82) is 0 Å². The molecule has 1 aliphatic heterocycles. The number of ether oxygens (including phenoxy) is 1. The van der Waals surface area contributed by atoms with Crippen molar-refractivity contribution in [3.63, 3.8) is 0 Å². The van der Waals surface area contributed by atoms with Gasteiger partial charge in [0.1, 0.15) is 17.1 Å². The maximum atomic E-state index is 13.6. The Kier molecular flexibility index (Phi) is 5.67. The highest BCUT2D eigenvalue weighted by atomic mass is 19.1. The van der Waals surface area contributed by atoms with Gasteiger partial charge in [-0.1, -0.05) is 24.3 Å². The number of carbonyl (C=O) groups is 4. The molecular formula is C20H19FN4O5. The topological polar surface area (TPSA) is 117 Å². The first-order valence-corrected chi connectivity index (χ1v) is 8.89. The number of halogens is 1. The Bertz CT molecular complexity index is 1010. The van der Waals surface area contributed by atoms with Crippen LogP contribution in [0.4, 0.5) is 9.18 Å². The van der Waals surface area contributed by atoms with Crippen molar-refractivity contribution < 1.29 is 28.3 Å². The monoisotopic (exact) mass is 414 g/mol. The van der Waals surface area contributed by atoms with Gasteiger partial charge in [0.15, 0.2) is 0 Å². The fraction of sp³-hybridized carbons (Fsp3) is 0.200. The molecule has 10 heteroatoms. The number of nitrogens with zero attached hydrogens (tertiary/aromatic N) is 1. The summed E-state index contributed by atoms with van der Waals surface area (Å²) >= 11 is 0. The molecule has 5 amide bonds. The molecule has 0 aromatic heterocycles. The smallest absolute Gasteiger partial charge is 0.344 e. The first-order valence-electron chi connectivity index (χ1n) is 8.89. The quantitative estimate of drug-likeness (QED) is 0.611. The molecule has 0 saturated carbocycles. The minimum Gasteiger partial charge on any atom is -0.497 e. The van der Waals surface area contributed by atoms with Crippen molar-refractivity contribution >= 4 is 23.8 Å². The van der Waals surface area contributed by atoms with Crippen LogP contribution in [-0.4, -0.2) is 42.4 Å². The molecule has 9 nitrogen and oxygen atoms in total. The van der Waals surface area contributed by atoms with Crippen LogP contribution in [-0.2, 0) is 15.1 Å². The summed E-state index contributed by atoms with van der Waals surface area (Å²) in [7, 11) is 1.50. The summed E-state index contributed by atoms with van der Waals surface area (Å²) in [6.07, 6.45) is 0. The zero-order valence-electron chi connectivity index (χ0n) is 16.2. The van der Waals surface area contributed by atoms with E-state index in [-0.39, 0.29) is 5.56 Å². The van der Waals surface area contributed by atoms with Crippen molar-refractivity contribution in [3.8, 4) is 5.75 Å². The van der Waals surface area contributed by atoms with E-state index < -0.39 is 41.7 Å². The zero-order chi connectivity index (χ0) is 21.9. The Balaban J connectivity index is 1.64. The Morgan fingerprint density at radius 3 is 2.43 bits per heavy atom. The molecule has 1 aliphatic rings. The van der Waals surface area contributed by atoms with Gasteiger partial charge in [-0.25, -0.2) is 9.18 Å². The number of nitrogens with one attached hydrogen (secondary N) is 3. The van der Waals surface area contributed by atoms with Crippen LogP contribution >= 0.6 is 0 Å². The Morgan fingerprint density at radius 2 is 1.80 bits per heavy atom. The number of rotatable bonds is 6.